The largest absolute Gasteiger partial charge is 0.374 e. The standard InChI is InChI=1S/C19H25N5OS2/c1-26-15-6-2-12(3-7-15)9-24-10-13-4-5-14(11-24)18(13)21-16(25)8-17-22-23-19(20)27-17/h2-3,6-7,13-14,18H,4-5,8-11H2,1H3,(H2,20,23)(H,21,25)/t13-,14+,18?. The molecule has 1 saturated carbocycles. The molecule has 6 nitrogen and oxygen atoms in total. The molecular formula is C19H25N5OS2. The molecule has 1 aliphatic heterocycles. The predicted molar refractivity (Wildman–Crippen MR) is 110 cm³/mol. The van der Waals surface area contributed by atoms with Crippen molar-refractivity contribution < 1.29 is 4.79 Å². The highest BCUT2D eigenvalue weighted by molar-refractivity contribution is 7.98. The Bertz CT molecular complexity index is 780. The first-order chi connectivity index (χ1) is 13.1. The zero-order valence-electron chi connectivity index (χ0n) is 15.4. The minimum absolute atomic E-state index is 0.0363. The molecule has 0 spiro atoms. The Hall–Kier alpha value is -1.64. The van der Waals surface area contributed by atoms with Gasteiger partial charge in [-0.05, 0) is 48.6 Å². The van der Waals surface area contributed by atoms with E-state index in [0.29, 0.717) is 22.0 Å². The van der Waals surface area contributed by atoms with Crippen molar-refractivity contribution >= 4 is 34.1 Å². The molecule has 2 bridgehead atoms. The number of nitrogens with zero attached hydrogens (tertiary/aromatic N) is 3. The maximum atomic E-state index is 12.4. The van der Waals surface area contributed by atoms with Crippen molar-refractivity contribution in [3.05, 3.63) is 34.8 Å². The molecule has 1 aromatic carbocycles. The van der Waals surface area contributed by atoms with Crippen LogP contribution in [0.3, 0.4) is 0 Å². The lowest BCUT2D eigenvalue weighted by atomic mass is 9.91. The van der Waals surface area contributed by atoms with Crippen molar-refractivity contribution in [3.63, 3.8) is 0 Å². The molecule has 1 saturated heterocycles. The van der Waals surface area contributed by atoms with Crippen LogP contribution in [0.5, 0.6) is 0 Å². The van der Waals surface area contributed by atoms with Gasteiger partial charge >= 0.3 is 0 Å². The van der Waals surface area contributed by atoms with Crippen LogP contribution in [0.2, 0.25) is 0 Å². The van der Waals surface area contributed by atoms with Crippen LogP contribution in [0.1, 0.15) is 23.4 Å². The third kappa shape index (κ3) is 4.44. The molecule has 144 valence electrons. The second-order valence-corrected chi connectivity index (χ2v) is 9.42. The van der Waals surface area contributed by atoms with Gasteiger partial charge in [0.1, 0.15) is 5.01 Å². The topological polar surface area (TPSA) is 84.1 Å². The average molecular weight is 404 g/mol. The summed E-state index contributed by atoms with van der Waals surface area (Å²) >= 11 is 3.06. The molecule has 27 heavy (non-hydrogen) atoms. The van der Waals surface area contributed by atoms with Crippen molar-refractivity contribution in [3.8, 4) is 0 Å². The first-order valence-electron chi connectivity index (χ1n) is 9.33. The van der Waals surface area contributed by atoms with Crippen LogP contribution in [0, 0.1) is 11.8 Å². The lowest BCUT2D eigenvalue weighted by molar-refractivity contribution is -0.122. The van der Waals surface area contributed by atoms with Crippen molar-refractivity contribution in [2.75, 3.05) is 25.1 Å². The molecule has 1 unspecified atom stereocenters. The van der Waals surface area contributed by atoms with E-state index in [2.05, 4.69) is 50.9 Å². The van der Waals surface area contributed by atoms with Crippen LogP contribution in [0.4, 0.5) is 5.13 Å². The number of carbonyl (C=O) groups excluding carboxylic acids is 1. The number of hydrogen-bond acceptors (Lipinski definition) is 7. The molecule has 2 fully saturated rings. The Morgan fingerprint density at radius 2 is 1.96 bits per heavy atom. The summed E-state index contributed by atoms with van der Waals surface area (Å²) in [6.07, 6.45) is 4.77. The molecule has 2 aliphatic rings. The third-order valence-corrected chi connectivity index (χ3v) is 7.09. The van der Waals surface area contributed by atoms with Gasteiger partial charge in [-0.1, -0.05) is 23.5 Å². The number of rotatable bonds is 6. The zero-order valence-corrected chi connectivity index (χ0v) is 17.1. The van der Waals surface area contributed by atoms with Crippen LogP contribution >= 0.6 is 23.1 Å². The number of benzene rings is 1. The number of aromatic nitrogens is 2. The number of likely N-dealkylation sites (tertiary alicyclic amines) is 1. The Labute approximate surface area is 167 Å². The van der Waals surface area contributed by atoms with Gasteiger partial charge in [0.25, 0.3) is 0 Å². The number of carbonyl (C=O) groups is 1. The molecule has 8 heteroatoms. The van der Waals surface area contributed by atoms with Gasteiger partial charge in [-0.25, -0.2) is 0 Å². The van der Waals surface area contributed by atoms with Gasteiger partial charge in [-0.15, -0.1) is 22.0 Å². The van der Waals surface area contributed by atoms with Gasteiger partial charge in [0.05, 0.1) is 6.42 Å². The van der Waals surface area contributed by atoms with Crippen LogP contribution in [-0.4, -0.2) is 46.4 Å². The smallest absolute Gasteiger partial charge is 0.227 e. The lowest BCUT2D eigenvalue weighted by Crippen LogP contribution is -2.52. The minimum Gasteiger partial charge on any atom is -0.374 e. The Morgan fingerprint density at radius 1 is 1.26 bits per heavy atom. The van der Waals surface area contributed by atoms with Gasteiger partial charge in [-0.2, -0.15) is 0 Å². The number of hydrogen-bond donors (Lipinski definition) is 2. The van der Waals surface area contributed by atoms with E-state index in [9.17, 15) is 4.79 Å². The SMILES string of the molecule is CSc1ccc(CN2C[C@H]3CC[C@@H](C2)C3NC(=O)Cc2nnc(N)s2)cc1. The van der Waals surface area contributed by atoms with Crippen LogP contribution in [-0.2, 0) is 17.8 Å². The first kappa shape index (κ1) is 18.7. The van der Waals surface area contributed by atoms with Gasteiger partial charge in [0.2, 0.25) is 11.0 Å². The van der Waals surface area contributed by atoms with Crippen LogP contribution < -0.4 is 11.1 Å². The fourth-order valence-corrected chi connectivity index (χ4v) is 5.40. The normalized spacial score (nSPS) is 24.9. The number of anilines is 1. The summed E-state index contributed by atoms with van der Waals surface area (Å²) in [5.74, 6) is 1.12. The number of thioether (sulfide) groups is 1. The molecular weight excluding hydrogens is 378 g/mol. The summed E-state index contributed by atoms with van der Waals surface area (Å²) < 4.78 is 0. The number of nitrogen functional groups attached to an aromatic ring is 1. The predicted octanol–water partition coefficient (Wildman–Crippen LogP) is 2.41. The highest BCUT2D eigenvalue weighted by Crippen LogP contribution is 2.37. The van der Waals surface area contributed by atoms with E-state index in [4.69, 9.17) is 5.73 Å². The second-order valence-electron chi connectivity index (χ2n) is 7.44. The van der Waals surface area contributed by atoms with E-state index < -0.39 is 0 Å². The summed E-state index contributed by atoms with van der Waals surface area (Å²) in [6.45, 7) is 3.10. The Balaban J connectivity index is 1.32. The highest BCUT2D eigenvalue weighted by atomic mass is 32.2. The zero-order chi connectivity index (χ0) is 18.8. The van der Waals surface area contributed by atoms with Crippen molar-refractivity contribution in [2.24, 2.45) is 11.8 Å². The van der Waals surface area contributed by atoms with E-state index in [1.165, 1.54) is 34.6 Å². The molecule has 3 N–H and O–H groups in total. The van der Waals surface area contributed by atoms with Crippen LogP contribution in [0.15, 0.2) is 29.2 Å². The van der Waals surface area contributed by atoms with Gasteiger partial charge < -0.3 is 11.1 Å². The van der Waals surface area contributed by atoms with E-state index in [-0.39, 0.29) is 18.4 Å². The van der Waals surface area contributed by atoms with Crippen molar-refractivity contribution in [1.82, 2.24) is 20.4 Å². The van der Waals surface area contributed by atoms with Crippen LogP contribution in [0.25, 0.3) is 0 Å². The summed E-state index contributed by atoms with van der Waals surface area (Å²) in [5, 5.41) is 12.1. The fourth-order valence-electron chi connectivity index (χ4n) is 4.39. The molecule has 4 rings (SSSR count). The minimum atomic E-state index is 0.0363. The molecule has 2 aromatic rings. The Kier molecular flexibility index (Phi) is 5.66. The summed E-state index contributed by atoms with van der Waals surface area (Å²) in [7, 11) is 0. The van der Waals surface area contributed by atoms with E-state index in [0.717, 1.165) is 19.6 Å². The van der Waals surface area contributed by atoms with Gasteiger partial charge in [0.15, 0.2) is 0 Å². The monoisotopic (exact) mass is 403 g/mol. The summed E-state index contributed by atoms with van der Waals surface area (Å²) in [6, 6.07) is 9.15. The highest BCUT2D eigenvalue weighted by Gasteiger charge is 2.42. The quantitative estimate of drug-likeness (QED) is 0.721. The maximum Gasteiger partial charge on any atom is 0.227 e. The summed E-state index contributed by atoms with van der Waals surface area (Å²) in [5.41, 5.74) is 6.96. The van der Waals surface area contributed by atoms with E-state index >= 15 is 0 Å². The van der Waals surface area contributed by atoms with Crippen molar-refractivity contribution in [2.45, 2.75) is 36.7 Å². The van der Waals surface area contributed by atoms with E-state index in [1.807, 2.05) is 0 Å². The molecule has 1 aromatic heterocycles. The molecule has 0 radical (unpaired) electrons. The molecule has 1 aliphatic carbocycles. The molecule has 2 heterocycles. The number of nitrogens with one attached hydrogen (secondary N) is 1. The number of nitrogens with two attached hydrogens (primary N) is 1. The fraction of sp³-hybridized carbons (Fsp3) is 0.526. The Morgan fingerprint density at radius 3 is 2.56 bits per heavy atom. The molecule has 1 amide bonds. The lowest BCUT2D eigenvalue weighted by Gasteiger charge is -2.38. The number of fused-ring (bicyclic) bond motifs is 2. The van der Waals surface area contributed by atoms with Gasteiger partial charge in [0, 0.05) is 30.6 Å². The number of amides is 1. The molecule has 3 atom stereocenters. The van der Waals surface area contributed by atoms with Gasteiger partial charge in [-0.3, -0.25) is 9.69 Å². The second kappa shape index (κ2) is 8.16. The summed E-state index contributed by atoms with van der Waals surface area (Å²) in [4.78, 5) is 16.3. The third-order valence-electron chi connectivity index (χ3n) is 5.60. The maximum absolute atomic E-state index is 12.4. The average Bonchev–Trinajstić information content (AvgIpc) is 3.15. The first-order valence-corrected chi connectivity index (χ1v) is 11.4. The van der Waals surface area contributed by atoms with Crippen molar-refractivity contribution in [1.29, 1.82) is 0 Å². The van der Waals surface area contributed by atoms with E-state index in [1.54, 1.807) is 11.8 Å². The number of piperidine rings is 1.